The number of hydrogen-bond donors (Lipinski definition) is 2. The fourth-order valence-electron chi connectivity index (χ4n) is 2.03. The highest BCUT2D eigenvalue weighted by Gasteiger charge is 2.18. The van der Waals surface area contributed by atoms with Gasteiger partial charge in [0.25, 0.3) is 0 Å². The third kappa shape index (κ3) is 3.64. The summed E-state index contributed by atoms with van der Waals surface area (Å²) in [5.41, 5.74) is 8.64. The van der Waals surface area contributed by atoms with Crippen molar-refractivity contribution in [1.29, 1.82) is 0 Å². The molecule has 2 aromatic carbocycles. The molecule has 0 unspecified atom stereocenters. The summed E-state index contributed by atoms with van der Waals surface area (Å²) in [6.07, 6.45) is 0. The zero-order valence-corrected chi connectivity index (χ0v) is 14.3. The number of aryl methyl sites for hydroxylation is 1. The Balaban J connectivity index is 2.30. The molecule has 0 amide bonds. The minimum absolute atomic E-state index is 0.219. The van der Waals surface area contributed by atoms with Crippen molar-refractivity contribution >= 4 is 31.6 Å². The number of rotatable bonds is 4. The maximum atomic E-state index is 12.5. The van der Waals surface area contributed by atoms with Crippen molar-refractivity contribution in [3.05, 3.63) is 57.6 Å². The van der Waals surface area contributed by atoms with Gasteiger partial charge in [0.2, 0.25) is 10.0 Å². The molecule has 0 atom stereocenters. The minimum Gasteiger partial charge on any atom is -0.399 e. The second-order valence-electron chi connectivity index (χ2n) is 4.88. The summed E-state index contributed by atoms with van der Waals surface area (Å²) in [5.74, 6) is 0. The van der Waals surface area contributed by atoms with Gasteiger partial charge in [0.1, 0.15) is 0 Å². The molecule has 0 aliphatic rings. The number of anilines is 1. The molecule has 0 heterocycles. The maximum Gasteiger partial charge on any atom is 0.241 e. The Bertz CT molecular complexity index is 773. The Kier molecular flexibility index (Phi) is 4.70. The largest absolute Gasteiger partial charge is 0.399 e. The lowest BCUT2D eigenvalue weighted by Gasteiger charge is -2.13. The predicted octanol–water partition coefficient (Wildman–Crippen LogP) is 3.13. The van der Waals surface area contributed by atoms with Gasteiger partial charge in [0.05, 0.1) is 4.90 Å². The molecule has 0 aliphatic carbocycles. The van der Waals surface area contributed by atoms with Crippen LogP contribution in [0, 0.1) is 13.8 Å². The van der Waals surface area contributed by atoms with Gasteiger partial charge in [-0.15, -0.1) is 0 Å². The van der Waals surface area contributed by atoms with E-state index in [1.54, 1.807) is 13.0 Å². The molecule has 0 radical (unpaired) electrons. The average Bonchev–Trinajstić information content (AvgIpc) is 2.42. The van der Waals surface area contributed by atoms with E-state index in [1.807, 2.05) is 31.2 Å². The monoisotopic (exact) mass is 368 g/mol. The van der Waals surface area contributed by atoms with E-state index in [9.17, 15) is 8.42 Å². The van der Waals surface area contributed by atoms with Gasteiger partial charge in [0.15, 0.2) is 0 Å². The quantitative estimate of drug-likeness (QED) is 0.814. The molecule has 0 fully saturated rings. The first-order chi connectivity index (χ1) is 9.81. The molecule has 21 heavy (non-hydrogen) atoms. The van der Waals surface area contributed by atoms with E-state index in [0.717, 1.165) is 15.6 Å². The smallest absolute Gasteiger partial charge is 0.241 e. The van der Waals surface area contributed by atoms with Crippen molar-refractivity contribution in [1.82, 2.24) is 4.72 Å². The van der Waals surface area contributed by atoms with E-state index in [-0.39, 0.29) is 11.4 Å². The Hall–Kier alpha value is -1.37. The first kappa shape index (κ1) is 16.0. The Labute approximate surface area is 133 Å². The number of sulfonamides is 1. The van der Waals surface area contributed by atoms with Crippen LogP contribution in [0.3, 0.4) is 0 Å². The van der Waals surface area contributed by atoms with E-state index >= 15 is 0 Å². The van der Waals surface area contributed by atoms with Crippen LogP contribution in [-0.4, -0.2) is 8.42 Å². The molecule has 3 N–H and O–H groups in total. The van der Waals surface area contributed by atoms with Crippen molar-refractivity contribution in [3.8, 4) is 0 Å². The first-order valence-corrected chi connectivity index (χ1v) is 8.68. The molecular weight excluding hydrogens is 352 g/mol. The average molecular weight is 369 g/mol. The Morgan fingerprint density at radius 3 is 2.52 bits per heavy atom. The van der Waals surface area contributed by atoms with Crippen LogP contribution in [0.25, 0.3) is 0 Å². The Morgan fingerprint density at radius 2 is 1.86 bits per heavy atom. The fourth-order valence-corrected chi connectivity index (χ4v) is 3.81. The lowest BCUT2D eigenvalue weighted by Crippen LogP contribution is -2.24. The summed E-state index contributed by atoms with van der Waals surface area (Å²) in [6, 6.07) is 10.7. The summed E-state index contributed by atoms with van der Waals surface area (Å²) in [6.45, 7) is 3.84. The van der Waals surface area contributed by atoms with Crippen LogP contribution < -0.4 is 10.5 Å². The van der Waals surface area contributed by atoms with E-state index in [2.05, 4.69) is 20.7 Å². The summed E-state index contributed by atoms with van der Waals surface area (Å²) in [4.78, 5) is 0.229. The molecule has 0 saturated heterocycles. The van der Waals surface area contributed by atoms with Crippen molar-refractivity contribution in [2.24, 2.45) is 0 Å². The molecular formula is C15H17BrN2O2S. The molecule has 2 aromatic rings. The number of halogens is 1. The Morgan fingerprint density at radius 1 is 1.19 bits per heavy atom. The molecule has 6 heteroatoms. The van der Waals surface area contributed by atoms with E-state index < -0.39 is 10.0 Å². The summed E-state index contributed by atoms with van der Waals surface area (Å²) in [5, 5.41) is 0. The van der Waals surface area contributed by atoms with Crippen molar-refractivity contribution < 1.29 is 8.42 Å². The van der Waals surface area contributed by atoms with Crippen molar-refractivity contribution in [3.63, 3.8) is 0 Å². The molecule has 0 bridgehead atoms. The van der Waals surface area contributed by atoms with Gasteiger partial charge in [-0.2, -0.15) is 0 Å². The lowest BCUT2D eigenvalue weighted by molar-refractivity contribution is 0.580. The highest BCUT2D eigenvalue weighted by atomic mass is 79.9. The second kappa shape index (κ2) is 6.17. The highest BCUT2D eigenvalue weighted by molar-refractivity contribution is 9.10. The number of nitrogen functional groups attached to an aromatic ring is 1. The van der Waals surface area contributed by atoms with Crippen LogP contribution in [0.2, 0.25) is 0 Å². The van der Waals surface area contributed by atoms with Crippen LogP contribution in [0.15, 0.2) is 45.8 Å². The van der Waals surface area contributed by atoms with Crippen LogP contribution >= 0.6 is 15.9 Å². The normalized spacial score (nSPS) is 11.6. The van der Waals surface area contributed by atoms with Crippen LogP contribution in [-0.2, 0) is 16.6 Å². The van der Waals surface area contributed by atoms with Crippen LogP contribution in [0.1, 0.15) is 16.7 Å². The van der Waals surface area contributed by atoms with E-state index in [0.29, 0.717) is 11.3 Å². The second-order valence-corrected chi connectivity index (χ2v) is 7.47. The van der Waals surface area contributed by atoms with Crippen LogP contribution in [0.4, 0.5) is 5.69 Å². The predicted molar refractivity (Wildman–Crippen MR) is 88.5 cm³/mol. The number of nitrogens with two attached hydrogens (primary N) is 1. The number of nitrogens with one attached hydrogen (secondary N) is 1. The third-order valence-corrected chi connectivity index (χ3v) is 5.64. The standard InChI is InChI=1S/C15H17BrN2O2S/c1-10-7-13(17)8-15(11(10)2)21(19,20)18-9-12-5-3-4-6-14(12)16/h3-8,18H,9,17H2,1-2H3. The van der Waals surface area contributed by atoms with Crippen molar-refractivity contribution in [2.75, 3.05) is 5.73 Å². The molecule has 0 aromatic heterocycles. The summed E-state index contributed by atoms with van der Waals surface area (Å²) >= 11 is 3.40. The molecule has 0 aliphatic heterocycles. The number of hydrogen-bond acceptors (Lipinski definition) is 3. The summed E-state index contributed by atoms with van der Waals surface area (Å²) in [7, 11) is -3.60. The first-order valence-electron chi connectivity index (χ1n) is 6.41. The topological polar surface area (TPSA) is 72.2 Å². The maximum absolute atomic E-state index is 12.5. The molecule has 4 nitrogen and oxygen atoms in total. The van der Waals surface area contributed by atoms with Gasteiger partial charge in [-0.25, -0.2) is 13.1 Å². The zero-order chi connectivity index (χ0) is 15.6. The van der Waals surface area contributed by atoms with Crippen LogP contribution in [0.5, 0.6) is 0 Å². The van der Waals surface area contributed by atoms with Crippen molar-refractivity contribution in [2.45, 2.75) is 25.3 Å². The number of benzene rings is 2. The van der Waals surface area contributed by atoms with Gasteiger partial charge in [-0.1, -0.05) is 34.1 Å². The molecule has 2 rings (SSSR count). The fraction of sp³-hybridized carbons (Fsp3) is 0.200. The van der Waals surface area contributed by atoms with Gasteiger partial charge < -0.3 is 5.73 Å². The minimum atomic E-state index is -3.60. The van der Waals surface area contributed by atoms with E-state index in [1.165, 1.54) is 6.07 Å². The third-order valence-electron chi connectivity index (χ3n) is 3.34. The van der Waals surface area contributed by atoms with Gasteiger partial charge in [-0.3, -0.25) is 0 Å². The molecule has 112 valence electrons. The molecule has 0 saturated carbocycles. The van der Waals surface area contributed by atoms with Gasteiger partial charge >= 0.3 is 0 Å². The van der Waals surface area contributed by atoms with Gasteiger partial charge in [-0.05, 0) is 48.7 Å². The SMILES string of the molecule is Cc1cc(N)cc(S(=O)(=O)NCc2ccccc2Br)c1C. The lowest BCUT2D eigenvalue weighted by atomic mass is 10.1. The zero-order valence-electron chi connectivity index (χ0n) is 11.9. The highest BCUT2D eigenvalue weighted by Crippen LogP contribution is 2.23. The van der Waals surface area contributed by atoms with Gasteiger partial charge in [0, 0.05) is 16.7 Å². The molecule has 0 spiro atoms. The van der Waals surface area contributed by atoms with E-state index in [4.69, 9.17) is 5.73 Å². The summed E-state index contributed by atoms with van der Waals surface area (Å²) < 4.78 is 28.4.